The molecule has 0 spiro atoms. The number of carbonyl (C=O) groups excluding carboxylic acids is 2. The molecule has 0 bridgehead atoms. The second kappa shape index (κ2) is 6.00. The van der Waals surface area contributed by atoms with Crippen LogP contribution in [0.15, 0.2) is 11.6 Å². The van der Waals surface area contributed by atoms with Gasteiger partial charge in [0.1, 0.15) is 11.2 Å². The monoisotopic (exact) mass is 335 g/mol. The van der Waals surface area contributed by atoms with E-state index in [9.17, 15) is 14.9 Å². The van der Waals surface area contributed by atoms with Crippen molar-refractivity contribution in [2.24, 2.45) is 0 Å². The molecule has 2 rings (SSSR count). The third kappa shape index (κ3) is 4.40. The normalized spacial score (nSPS) is 25.8. The van der Waals surface area contributed by atoms with E-state index in [4.69, 9.17) is 9.47 Å². The number of hydrogen-bond acceptors (Lipinski definition) is 5. The summed E-state index contributed by atoms with van der Waals surface area (Å²) in [6, 6.07) is 1.32. The quantitative estimate of drug-likeness (QED) is 0.744. The summed E-state index contributed by atoms with van der Waals surface area (Å²) in [5.41, 5.74) is -0.664. The summed E-state index contributed by atoms with van der Waals surface area (Å²) in [6.07, 6.45) is 1.14. The van der Waals surface area contributed by atoms with E-state index in [0.717, 1.165) is 0 Å². The number of ether oxygens (including phenoxy) is 2. The largest absolute Gasteiger partial charge is 0.444 e. The molecule has 0 aromatic carbocycles. The number of amides is 2. The van der Waals surface area contributed by atoms with Crippen molar-refractivity contribution in [3.63, 3.8) is 0 Å². The van der Waals surface area contributed by atoms with Crippen LogP contribution in [-0.2, 0) is 9.47 Å². The Morgan fingerprint density at radius 3 is 2.29 bits per heavy atom. The fraction of sp³-hybridized carbons (Fsp3) is 0.706. The minimum Gasteiger partial charge on any atom is -0.444 e. The van der Waals surface area contributed by atoms with Crippen molar-refractivity contribution < 1.29 is 19.1 Å². The van der Waals surface area contributed by atoms with Gasteiger partial charge in [0.2, 0.25) is 0 Å². The molecule has 1 heterocycles. The Labute approximate surface area is 142 Å². The van der Waals surface area contributed by atoms with Gasteiger partial charge in [-0.3, -0.25) is 4.90 Å². The Morgan fingerprint density at radius 1 is 1.21 bits per heavy atom. The molecule has 7 nitrogen and oxygen atoms in total. The number of nitriles is 1. The third-order valence-electron chi connectivity index (χ3n) is 3.58. The van der Waals surface area contributed by atoms with Crippen LogP contribution < -0.4 is 5.32 Å². The van der Waals surface area contributed by atoms with E-state index in [1.54, 1.807) is 52.5 Å². The lowest BCUT2D eigenvalue weighted by molar-refractivity contribution is 0.0375. The first-order valence-electron chi connectivity index (χ1n) is 8.03. The number of alkyl carbamates (subject to hydrolysis) is 1. The Kier molecular flexibility index (Phi) is 4.53. The zero-order valence-electron chi connectivity index (χ0n) is 15.0. The summed E-state index contributed by atoms with van der Waals surface area (Å²) in [4.78, 5) is 25.9. The van der Waals surface area contributed by atoms with Crippen molar-refractivity contribution in [1.29, 1.82) is 5.26 Å². The Bertz CT molecular complexity index is 607. The second-order valence-electron chi connectivity index (χ2n) is 8.13. The van der Waals surface area contributed by atoms with Gasteiger partial charge in [0.15, 0.2) is 0 Å². The van der Waals surface area contributed by atoms with Crippen LogP contribution >= 0.6 is 0 Å². The maximum atomic E-state index is 12.3. The van der Waals surface area contributed by atoms with Gasteiger partial charge in [0, 0.05) is 12.0 Å². The molecular weight excluding hydrogens is 310 g/mol. The lowest BCUT2D eigenvalue weighted by Gasteiger charge is -2.24. The van der Waals surface area contributed by atoms with Crippen LogP contribution in [0.1, 0.15) is 48.0 Å². The van der Waals surface area contributed by atoms with E-state index in [1.807, 2.05) is 0 Å². The molecule has 3 atom stereocenters. The first-order valence-corrected chi connectivity index (χ1v) is 8.03. The molecule has 1 aliphatic heterocycles. The number of carbonyl (C=O) groups is 2. The van der Waals surface area contributed by atoms with Crippen LogP contribution in [0, 0.1) is 11.3 Å². The van der Waals surface area contributed by atoms with Gasteiger partial charge in [-0.05, 0) is 47.6 Å². The van der Waals surface area contributed by atoms with Gasteiger partial charge in [-0.2, -0.15) is 5.26 Å². The van der Waals surface area contributed by atoms with E-state index in [1.165, 1.54) is 0 Å². The molecule has 24 heavy (non-hydrogen) atoms. The van der Waals surface area contributed by atoms with Crippen molar-refractivity contribution in [2.75, 3.05) is 0 Å². The van der Waals surface area contributed by atoms with Crippen molar-refractivity contribution in [2.45, 2.75) is 77.3 Å². The second-order valence-corrected chi connectivity index (χ2v) is 8.13. The molecule has 0 unspecified atom stereocenters. The van der Waals surface area contributed by atoms with E-state index in [2.05, 4.69) is 11.4 Å². The van der Waals surface area contributed by atoms with E-state index in [-0.39, 0.29) is 18.1 Å². The third-order valence-corrected chi connectivity index (χ3v) is 3.58. The highest BCUT2D eigenvalue weighted by Gasteiger charge is 2.58. The highest BCUT2D eigenvalue weighted by atomic mass is 16.6. The van der Waals surface area contributed by atoms with E-state index >= 15 is 0 Å². The molecule has 1 fully saturated rings. The van der Waals surface area contributed by atoms with Gasteiger partial charge >= 0.3 is 12.2 Å². The van der Waals surface area contributed by atoms with Gasteiger partial charge in [0.05, 0.1) is 24.2 Å². The van der Waals surface area contributed by atoms with Crippen LogP contribution in [0.5, 0.6) is 0 Å². The molecule has 1 saturated heterocycles. The molecule has 0 radical (unpaired) electrons. The highest BCUT2D eigenvalue weighted by molar-refractivity contribution is 5.75. The Balaban J connectivity index is 2.08. The van der Waals surface area contributed by atoms with Crippen LogP contribution in [0.25, 0.3) is 0 Å². The highest BCUT2D eigenvalue weighted by Crippen LogP contribution is 2.40. The summed E-state index contributed by atoms with van der Waals surface area (Å²) >= 11 is 0. The van der Waals surface area contributed by atoms with Crippen LogP contribution in [0.3, 0.4) is 0 Å². The number of hydrogen-bond donors (Lipinski definition) is 1. The first-order chi connectivity index (χ1) is 10.9. The van der Waals surface area contributed by atoms with Gasteiger partial charge in [0.25, 0.3) is 0 Å². The maximum absolute atomic E-state index is 12.3. The molecule has 0 aromatic heterocycles. The van der Waals surface area contributed by atoms with Crippen molar-refractivity contribution in [3.8, 4) is 6.07 Å². The fourth-order valence-electron chi connectivity index (χ4n) is 2.75. The molecule has 7 heteroatoms. The van der Waals surface area contributed by atoms with Gasteiger partial charge in [-0.15, -0.1) is 0 Å². The minimum atomic E-state index is -0.611. The SMILES string of the molecule is CC(C)(C)OC(=O)N[C@H]1CC(C#N)=C[C@H]2[C@@H]1N2C(=O)OC(C)(C)C. The van der Waals surface area contributed by atoms with E-state index in [0.29, 0.717) is 12.0 Å². The average Bonchev–Trinajstić information content (AvgIpc) is 3.08. The summed E-state index contributed by atoms with van der Waals surface area (Å²) in [5.74, 6) is 0. The van der Waals surface area contributed by atoms with E-state index < -0.39 is 23.4 Å². The molecule has 2 aliphatic rings. The summed E-state index contributed by atoms with van der Waals surface area (Å²) in [5, 5.41) is 12.0. The Hall–Kier alpha value is -2.23. The molecule has 132 valence electrons. The molecule has 0 saturated carbocycles. The van der Waals surface area contributed by atoms with Crippen molar-refractivity contribution in [1.82, 2.24) is 10.2 Å². The number of fused-ring (bicyclic) bond motifs is 1. The maximum Gasteiger partial charge on any atom is 0.411 e. The standard InChI is InChI=1S/C17H25N3O4/c1-16(2,3)23-14(21)19-11-7-10(9-18)8-12-13(11)20(12)15(22)24-17(4,5)6/h8,11-13H,7H2,1-6H3,(H,19,21)/t11-,12-,13+,20?/m0/s1. The van der Waals surface area contributed by atoms with Crippen LogP contribution in [0.4, 0.5) is 9.59 Å². The number of nitrogens with one attached hydrogen (secondary N) is 1. The van der Waals surface area contributed by atoms with Gasteiger partial charge in [-0.25, -0.2) is 9.59 Å². The predicted octanol–water partition coefficient (Wildman–Crippen LogP) is 2.72. The summed E-state index contributed by atoms with van der Waals surface area (Å²) in [6.45, 7) is 10.7. The fourth-order valence-corrected chi connectivity index (χ4v) is 2.75. The zero-order valence-corrected chi connectivity index (χ0v) is 15.0. The lowest BCUT2D eigenvalue weighted by Crippen LogP contribution is -2.44. The van der Waals surface area contributed by atoms with Crippen molar-refractivity contribution in [3.05, 3.63) is 11.6 Å². The zero-order chi connectivity index (χ0) is 18.3. The topological polar surface area (TPSA) is 91.4 Å². The smallest absolute Gasteiger partial charge is 0.411 e. The van der Waals surface area contributed by atoms with Crippen LogP contribution in [0.2, 0.25) is 0 Å². The van der Waals surface area contributed by atoms with Gasteiger partial charge in [-0.1, -0.05) is 0 Å². The summed E-state index contributed by atoms with van der Waals surface area (Å²) in [7, 11) is 0. The van der Waals surface area contributed by atoms with Crippen molar-refractivity contribution >= 4 is 12.2 Å². The molecular formula is C17H25N3O4. The van der Waals surface area contributed by atoms with Gasteiger partial charge < -0.3 is 14.8 Å². The molecule has 1 N–H and O–H groups in total. The number of nitrogens with zero attached hydrogens (tertiary/aromatic N) is 2. The average molecular weight is 335 g/mol. The molecule has 0 aromatic rings. The first kappa shape index (κ1) is 18.1. The number of rotatable bonds is 1. The Morgan fingerprint density at radius 2 is 1.79 bits per heavy atom. The predicted molar refractivity (Wildman–Crippen MR) is 87.1 cm³/mol. The minimum absolute atomic E-state index is 0.204. The summed E-state index contributed by atoms with van der Waals surface area (Å²) < 4.78 is 10.7. The van der Waals surface area contributed by atoms with Crippen LogP contribution in [-0.4, -0.2) is 46.4 Å². The molecule has 1 aliphatic carbocycles. The molecule has 2 amide bonds. The lowest BCUT2D eigenvalue weighted by atomic mass is 9.96.